The Bertz CT molecular complexity index is 274. The Morgan fingerprint density at radius 1 is 1.50 bits per heavy atom. The van der Waals surface area contributed by atoms with Gasteiger partial charge in [-0.2, -0.15) is 5.10 Å². The summed E-state index contributed by atoms with van der Waals surface area (Å²) in [5.41, 5.74) is 1.78. The zero-order valence-corrected chi connectivity index (χ0v) is 6.92. The summed E-state index contributed by atoms with van der Waals surface area (Å²) in [7, 11) is 0. The summed E-state index contributed by atoms with van der Waals surface area (Å²) in [5.74, 6) is 0.549. The van der Waals surface area contributed by atoms with Crippen molar-refractivity contribution in [2.75, 3.05) is 0 Å². The maximum atomic E-state index is 10.6. The smallest absolute Gasteiger partial charge is 0.153 e. The molecule has 1 aliphatic rings. The van der Waals surface area contributed by atoms with Gasteiger partial charge in [0.15, 0.2) is 6.29 Å². The van der Waals surface area contributed by atoms with Gasteiger partial charge >= 0.3 is 0 Å². The van der Waals surface area contributed by atoms with Crippen molar-refractivity contribution in [3.63, 3.8) is 0 Å². The van der Waals surface area contributed by atoms with Crippen LogP contribution in [0, 0.1) is 0 Å². The normalized spacial score (nSPS) is 18.3. The first-order valence-corrected chi connectivity index (χ1v) is 4.40. The third kappa shape index (κ3) is 1.15. The summed E-state index contributed by atoms with van der Waals surface area (Å²) in [6.07, 6.45) is 7.45. The fraction of sp³-hybridized carbons (Fsp3) is 0.556. The zero-order chi connectivity index (χ0) is 8.39. The SMILES string of the molecule is O=Cc1cn[nH]c1C1CCCC1. The molecule has 0 atom stereocenters. The summed E-state index contributed by atoms with van der Waals surface area (Å²) < 4.78 is 0. The maximum absolute atomic E-state index is 10.6. The highest BCUT2D eigenvalue weighted by Crippen LogP contribution is 2.33. The highest BCUT2D eigenvalue weighted by molar-refractivity contribution is 5.76. The van der Waals surface area contributed by atoms with E-state index < -0.39 is 0 Å². The van der Waals surface area contributed by atoms with Gasteiger partial charge in [-0.3, -0.25) is 9.89 Å². The van der Waals surface area contributed by atoms with E-state index in [4.69, 9.17) is 0 Å². The van der Waals surface area contributed by atoms with Crippen LogP contribution in [-0.2, 0) is 0 Å². The molecule has 0 radical (unpaired) electrons. The van der Waals surface area contributed by atoms with Gasteiger partial charge in [0.2, 0.25) is 0 Å². The monoisotopic (exact) mass is 164 g/mol. The second-order valence-electron chi connectivity index (χ2n) is 3.34. The van der Waals surface area contributed by atoms with Crippen LogP contribution in [0.15, 0.2) is 6.20 Å². The summed E-state index contributed by atoms with van der Waals surface area (Å²) >= 11 is 0. The Kier molecular flexibility index (Phi) is 1.94. The summed E-state index contributed by atoms with van der Waals surface area (Å²) in [6.45, 7) is 0. The van der Waals surface area contributed by atoms with Crippen LogP contribution in [0.1, 0.15) is 47.7 Å². The Labute approximate surface area is 71.2 Å². The Balaban J connectivity index is 2.25. The number of aromatic amines is 1. The number of aromatic nitrogens is 2. The molecule has 1 aromatic heterocycles. The molecule has 12 heavy (non-hydrogen) atoms. The lowest BCUT2D eigenvalue weighted by Gasteiger charge is -2.05. The fourth-order valence-corrected chi connectivity index (χ4v) is 1.94. The number of carbonyl (C=O) groups excluding carboxylic acids is 1. The average molecular weight is 164 g/mol. The van der Waals surface area contributed by atoms with Gasteiger partial charge in [-0.15, -0.1) is 0 Å². The predicted molar refractivity (Wildman–Crippen MR) is 45.2 cm³/mol. The van der Waals surface area contributed by atoms with E-state index >= 15 is 0 Å². The predicted octanol–water partition coefficient (Wildman–Crippen LogP) is 1.88. The Hall–Kier alpha value is -1.12. The van der Waals surface area contributed by atoms with Gasteiger partial charge in [0.1, 0.15) is 0 Å². The van der Waals surface area contributed by atoms with Crippen LogP contribution >= 0.6 is 0 Å². The molecule has 1 aliphatic carbocycles. The molecule has 0 unspecified atom stereocenters. The molecule has 0 saturated heterocycles. The van der Waals surface area contributed by atoms with Crippen molar-refractivity contribution in [1.29, 1.82) is 0 Å². The number of nitrogens with zero attached hydrogens (tertiary/aromatic N) is 1. The molecule has 2 rings (SSSR count). The van der Waals surface area contributed by atoms with Gasteiger partial charge in [0, 0.05) is 11.6 Å². The Morgan fingerprint density at radius 3 is 2.92 bits per heavy atom. The fourth-order valence-electron chi connectivity index (χ4n) is 1.94. The maximum Gasteiger partial charge on any atom is 0.153 e. The van der Waals surface area contributed by atoms with Crippen LogP contribution < -0.4 is 0 Å². The van der Waals surface area contributed by atoms with E-state index in [1.54, 1.807) is 6.20 Å². The molecule has 1 heterocycles. The minimum atomic E-state index is 0.549. The number of hydrogen-bond acceptors (Lipinski definition) is 2. The molecule has 0 aliphatic heterocycles. The van der Waals surface area contributed by atoms with Gasteiger partial charge in [-0.05, 0) is 12.8 Å². The first-order valence-electron chi connectivity index (χ1n) is 4.40. The number of nitrogens with one attached hydrogen (secondary N) is 1. The van der Waals surface area contributed by atoms with Gasteiger partial charge in [-0.25, -0.2) is 0 Å². The summed E-state index contributed by atoms with van der Waals surface area (Å²) in [6, 6.07) is 0. The van der Waals surface area contributed by atoms with Crippen molar-refractivity contribution in [3.8, 4) is 0 Å². The molecule has 0 spiro atoms. The van der Waals surface area contributed by atoms with Crippen LogP contribution in [0.25, 0.3) is 0 Å². The van der Waals surface area contributed by atoms with Crippen LogP contribution in [0.5, 0.6) is 0 Å². The number of hydrogen-bond donors (Lipinski definition) is 1. The zero-order valence-electron chi connectivity index (χ0n) is 6.92. The van der Waals surface area contributed by atoms with Crippen LogP contribution in [-0.4, -0.2) is 16.5 Å². The molecule has 64 valence electrons. The molecule has 1 N–H and O–H groups in total. The van der Waals surface area contributed by atoms with Crippen LogP contribution in [0.2, 0.25) is 0 Å². The van der Waals surface area contributed by atoms with E-state index in [9.17, 15) is 4.79 Å². The molecule has 0 amide bonds. The quantitative estimate of drug-likeness (QED) is 0.678. The van der Waals surface area contributed by atoms with E-state index in [0.717, 1.165) is 17.5 Å². The third-order valence-electron chi connectivity index (χ3n) is 2.59. The van der Waals surface area contributed by atoms with E-state index in [2.05, 4.69) is 10.2 Å². The second-order valence-corrected chi connectivity index (χ2v) is 3.34. The molecule has 1 fully saturated rings. The third-order valence-corrected chi connectivity index (χ3v) is 2.59. The van der Waals surface area contributed by atoms with E-state index in [1.807, 2.05) is 0 Å². The van der Waals surface area contributed by atoms with Crippen molar-refractivity contribution in [3.05, 3.63) is 17.5 Å². The number of rotatable bonds is 2. The van der Waals surface area contributed by atoms with Crippen molar-refractivity contribution < 1.29 is 4.79 Å². The molecule has 1 saturated carbocycles. The van der Waals surface area contributed by atoms with Gasteiger partial charge in [0.05, 0.1) is 11.8 Å². The molecule has 3 heteroatoms. The lowest BCUT2D eigenvalue weighted by molar-refractivity contribution is 0.112. The van der Waals surface area contributed by atoms with Crippen molar-refractivity contribution in [2.24, 2.45) is 0 Å². The summed E-state index contributed by atoms with van der Waals surface area (Å²) in [4.78, 5) is 10.6. The van der Waals surface area contributed by atoms with Gasteiger partial charge in [0.25, 0.3) is 0 Å². The van der Waals surface area contributed by atoms with E-state index in [0.29, 0.717) is 5.92 Å². The lowest BCUT2D eigenvalue weighted by atomic mass is 10.0. The molecular formula is C9H12N2O. The second kappa shape index (κ2) is 3.09. The van der Waals surface area contributed by atoms with Gasteiger partial charge < -0.3 is 0 Å². The van der Waals surface area contributed by atoms with Gasteiger partial charge in [-0.1, -0.05) is 12.8 Å². The van der Waals surface area contributed by atoms with Crippen molar-refractivity contribution in [1.82, 2.24) is 10.2 Å². The van der Waals surface area contributed by atoms with E-state index in [-0.39, 0.29) is 0 Å². The number of carbonyl (C=O) groups is 1. The number of aldehydes is 1. The molecule has 3 nitrogen and oxygen atoms in total. The van der Waals surface area contributed by atoms with Crippen LogP contribution in [0.3, 0.4) is 0 Å². The van der Waals surface area contributed by atoms with Crippen molar-refractivity contribution in [2.45, 2.75) is 31.6 Å². The van der Waals surface area contributed by atoms with E-state index in [1.165, 1.54) is 25.7 Å². The highest BCUT2D eigenvalue weighted by atomic mass is 16.1. The topological polar surface area (TPSA) is 45.8 Å². The molecule has 1 aromatic rings. The first kappa shape index (κ1) is 7.53. The number of H-pyrrole nitrogens is 1. The average Bonchev–Trinajstić information content (AvgIpc) is 2.74. The molecule has 0 aromatic carbocycles. The highest BCUT2D eigenvalue weighted by Gasteiger charge is 2.20. The first-order chi connectivity index (χ1) is 5.92. The minimum Gasteiger partial charge on any atom is -0.298 e. The Morgan fingerprint density at radius 2 is 2.25 bits per heavy atom. The minimum absolute atomic E-state index is 0.549. The van der Waals surface area contributed by atoms with Crippen LogP contribution in [0.4, 0.5) is 0 Å². The molecular weight excluding hydrogens is 152 g/mol. The lowest BCUT2D eigenvalue weighted by Crippen LogP contribution is -1.96. The largest absolute Gasteiger partial charge is 0.298 e. The molecule has 0 bridgehead atoms. The summed E-state index contributed by atoms with van der Waals surface area (Å²) in [5, 5.41) is 6.80. The standard InChI is InChI=1S/C9H12N2O/c12-6-8-5-10-11-9(8)7-3-1-2-4-7/h5-7H,1-4H2,(H,10,11). The van der Waals surface area contributed by atoms with Crippen molar-refractivity contribution >= 4 is 6.29 Å².